The number of hydrogen-bond donors (Lipinski definition) is 1. The van der Waals surface area contributed by atoms with Crippen molar-refractivity contribution in [2.24, 2.45) is 0 Å². The largest absolute Gasteiger partial charge is 0.487 e. The van der Waals surface area contributed by atoms with Gasteiger partial charge in [0.1, 0.15) is 11.4 Å². The Kier molecular flexibility index (Phi) is 3.22. The standard InChI is InChI=1S/C14H17ClO3/c15-10-2-3-13-11(8-10)12(16)9-14(18-13)4-1-6-17-7-5-14/h2-3,8,12,16H,1,4-7,9H2/t12-,14?/m0/s1. The highest BCUT2D eigenvalue weighted by Crippen LogP contribution is 2.44. The van der Waals surface area contributed by atoms with Gasteiger partial charge >= 0.3 is 0 Å². The summed E-state index contributed by atoms with van der Waals surface area (Å²) in [5.41, 5.74) is 0.537. The SMILES string of the molecule is O[C@H]1CC2(CCCOCC2)Oc2ccc(Cl)cc21. The molecule has 0 aliphatic carbocycles. The summed E-state index contributed by atoms with van der Waals surface area (Å²) in [7, 11) is 0. The van der Waals surface area contributed by atoms with Gasteiger partial charge in [-0.1, -0.05) is 11.6 Å². The Morgan fingerprint density at radius 1 is 1.28 bits per heavy atom. The normalized spacial score (nSPS) is 31.6. The molecule has 2 aliphatic heterocycles. The average molecular weight is 269 g/mol. The van der Waals surface area contributed by atoms with E-state index in [2.05, 4.69) is 0 Å². The van der Waals surface area contributed by atoms with Crippen molar-refractivity contribution >= 4 is 11.6 Å². The quantitative estimate of drug-likeness (QED) is 0.786. The smallest absolute Gasteiger partial charge is 0.126 e. The van der Waals surface area contributed by atoms with Gasteiger partial charge in [0.2, 0.25) is 0 Å². The zero-order valence-corrected chi connectivity index (χ0v) is 10.9. The van der Waals surface area contributed by atoms with E-state index in [1.54, 1.807) is 12.1 Å². The number of rotatable bonds is 0. The molecule has 2 heterocycles. The molecule has 2 atom stereocenters. The van der Waals surface area contributed by atoms with Crippen molar-refractivity contribution in [2.75, 3.05) is 13.2 Å². The van der Waals surface area contributed by atoms with E-state index in [4.69, 9.17) is 21.1 Å². The highest BCUT2D eigenvalue weighted by molar-refractivity contribution is 6.30. The van der Waals surface area contributed by atoms with E-state index < -0.39 is 6.10 Å². The van der Waals surface area contributed by atoms with Crippen LogP contribution in [0.3, 0.4) is 0 Å². The molecule has 0 saturated carbocycles. The molecule has 1 unspecified atom stereocenters. The summed E-state index contributed by atoms with van der Waals surface area (Å²) in [6.45, 7) is 1.49. The zero-order chi connectivity index (χ0) is 12.6. The summed E-state index contributed by atoms with van der Waals surface area (Å²) < 4.78 is 11.6. The van der Waals surface area contributed by atoms with Crippen LogP contribution in [-0.4, -0.2) is 23.9 Å². The van der Waals surface area contributed by atoms with E-state index in [9.17, 15) is 5.11 Å². The van der Waals surface area contributed by atoms with Gasteiger partial charge in [0.25, 0.3) is 0 Å². The van der Waals surface area contributed by atoms with Crippen LogP contribution in [0.4, 0.5) is 0 Å². The second kappa shape index (κ2) is 4.72. The molecule has 1 aromatic carbocycles. The van der Waals surface area contributed by atoms with Gasteiger partial charge in [0.15, 0.2) is 0 Å². The average Bonchev–Trinajstić information content (AvgIpc) is 2.56. The van der Waals surface area contributed by atoms with Gasteiger partial charge in [0, 0.05) is 30.0 Å². The Balaban J connectivity index is 1.92. The number of fused-ring (bicyclic) bond motifs is 1. The summed E-state index contributed by atoms with van der Waals surface area (Å²) >= 11 is 5.96. The molecule has 1 spiro atoms. The number of aliphatic hydroxyl groups is 1. The lowest BCUT2D eigenvalue weighted by atomic mass is 9.83. The molecule has 1 aromatic rings. The fraction of sp³-hybridized carbons (Fsp3) is 0.571. The molecule has 98 valence electrons. The highest BCUT2D eigenvalue weighted by Gasteiger charge is 2.40. The van der Waals surface area contributed by atoms with Gasteiger partial charge in [-0.25, -0.2) is 0 Å². The van der Waals surface area contributed by atoms with Crippen LogP contribution in [0.1, 0.15) is 37.4 Å². The Hall–Kier alpha value is -0.770. The van der Waals surface area contributed by atoms with Gasteiger partial charge in [-0.2, -0.15) is 0 Å². The molecule has 18 heavy (non-hydrogen) atoms. The van der Waals surface area contributed by atoms with Crippen molar-refractivity contribution < 1.29 is 14.6 Å². The van der Waals surface area contributed by atoms with E-state index in [0.29, 0.717) is 18.1 Å². The van der Waals surface area contributed by atoms with Crippen molar-refractivity contribution in [3.63, 3.8) is 0 Å². The summed E-state index contributed by atoms with van der Waals surface area (Å²) in [6.07, 6.45) is 2.89. The molecule has 1 saturated heterocycles. The lowest BCUT2D eigenvalue weighted by Gasteiger charge is -2.40. The number of hydrogen-bond acceptors (Lipinski definition) is 3. The molecule has 3 nitrogen and oxygen atoms in total. The summed E-state index contributed by atoms with van der Waals surface area (Å²) in [5, 5.41) is 11.0. The predicted molar refractivity (Wildman–Crippen MR) is 69.1 cm³/mol. The van der Waals surface area contributed by atoms with Crippen LogP contribution >= 0.6 is 11.6 Å². The van der Waals surface area contributed by atoms with Crippen LogP contribution in [-0.2, 0) is 4.74 Å². The predicted octanol–water partition coefficient (Wildman–Crippen LogP) is 3.10. The molecule has 3 rings (SSSR count). The number of aliphatic hydroxyl groups excluding tert-OH is 1. The Morgan fingerprint density at radius 3 is 3.06 bits per heavy atom. The number of halogens is 1. The zero-order valence-electron chi connectivity index (χ0n) is 10.2. The third kappa shape index (κ3) is 2.22. The first-order chi connectivity index (χ1) is 8.69. The van der Waals surface area contributed by atoms with Crippen molar-refractivity contribution in [1.82, 2.24) is 0 Å². The van der Waals surface area contributed by atoms with Crippen LogP contribution in [0.2, 0.25) is 5.02 Å². The van der Waals surface area contributed by atoms with Crippen LogP contribution < -0.4 is 4.74 Å². The molecule has 1 fully saturated rings. The van der Waals surface area contributed by atoms with Crippen molar-refractivity contribution in [3.8, 4) is 5.75 Å². The molecule has 0 aromatic heterocycles. The first-order valence-corrected chi connectivity index (χ1v) is 6.81. The summed E-state index contributed by atoms with van der Waals surface area (Å²) in [4.78, 5) is 0. The second-order valence-corrected chi connectivity index (χ2v) is 5.59. The first-order valence-electron chi connectivity index (χ1n) is 6.43. The fourth-order valence-corrected chi connectivity index (χ4v) is 3.08. The third-order valence-electron chi connectivity index (χ3n) is 3.85. The maximum atomic E-state index is 10.3. The minimum Gasteiger partial charge on any atom is -0.487 e. The van der Waals surface area contributed by atoms with Gasteiger partial charge in [-0.15, -0.1) is 0 Å². The van der Waals surface area contributed by atoms with Gasteiger partial charge in [0.05, 0.1) is 12.7 Å². The van der Waals surface area contributed by atoms with E-state index in [0.717, 1.165) is 37.2 Å². The topological polar surface area (TPSA) is 38.7 Å². The molecule has 0 bridgehead atoms. The van der Waals surface area contributed by atoms with Crippen LogP contribution in [0.15, 0.2) is 18.2 Å². The first kappa shape index (κ1) is 12.3. The maximum Gasteiger partial charge on any atom is 0.126 e. The lowest BCUT2D eigenvalue weighted by molar-refractivity contribution is -0.0271. The minimum absolute atomic E-state index is 0.267. The minimum atomic E-state index is -0.495. The van der Waals surface area contributed by atoms with Crippen LogP contribution in [0.25, 0.3) is 0 Å². The fourth-order valence-electron chi connectivity index (χ4n) is 2.90. The van der Waals surface area contributed by atoms with Gasteiger partial charge in [-0.3, -0.25) is 0 Å². The van der Waals surface area contributed by atoms with E-state index in [1.807, 2.05) is 6.07 Å². The molecule has 0 radical (unpaired) electrons. The molecular weight excluding hydrogens is 252 g/mol. The van der Waals surface area contributed by atoms with Crippen molar-refractivity contribution in [2.45, 2.75) is 37.4 Å². The van der Waals surface area contributed by atoms with Crippen molar-refractivity contribution in [1.29, 1.82) is 0 Å². The summed E-state index contributed by atoms with van der Waals surface area (Å²) in [5.74, 6) is 0.764. The number of ether oxygens (including phenoxy) is 2. The lowest BCUT2D eigenvalue weighted by Crippen LogP contribution is -2.41. The van der Waals surface area contributed by atoms with Crippen molar-refractivity contribution in [3.05, 3.63) is 28.8 Å². The van der Waals surface area contributed by atoms with Crippen LogP contribution in [0.5, 0.6) is 5.75 Å². The monoisotopic (exact) mass is 268 g/mol. The molecule has 1 N–H and O–H groups in total. The van der Waals surface area contributed by atoms with E-state index in [1.165, 1.54) is 0 Å². The third-order valence-corrected chi connectivity index (χ3v) is 4.08. The van der Waals surface area contributed by atoms with Gasteiger partial charge in [-0.05, 0) is 31.0 Å². The molecular formula is C14H17ClO3. The Morgan fingerprint density at radius 2 is 2.17 bits per heavy atom. The summed E-state index contributed by atoms with van der Waals surface area (Å²) in [6, 6.07) is 5.45. The molecule has 4 heteroatoms. The molecule has 0 amide bonds. The van der Waals surface area contributed by atoms with Gasteiger partial charge < -0.3 is 14.6 Å². The highest BCUT2D eigenvalue weighted by atomic mass is 35.5. The second-order valence-electron chi connectivity index (χ2n) is 5.15. The van der Waals surface area contributed by atoms with E-state index in [-0.39, 0.29) is 5.60 Å². The molecule has 2 aliphatic rings. The number of benzene rings is 1. The van der Waals surface area contributed by atoms with E-state index >= 15 is 0 Å². The Bertz CT molecular complexity index is 439. The Labute approximate surface area is 112 Å². The van der Waals surface area contributed by atoms with Crippen LogP contribution in [0, 0.1) is 0 Å². The maximum absolute atomic E-state index is 10.3.